The minimum absolute atomic E-state index is 0. The monoisotopic (exact) mass is 531 g/mol. The number of piperidine rings is 1. The van der Waals surface area contributed by atoms with E-state index >= 15 is 0 Å². The van der Waals surface area contributed by atoms with Crippen LogP contribution in [-0.2, 0) is 14.6 Å². The van der Waals surface area contributed by atoms with Crippen LogP contribution in [0.5, 0.6) is 0 Å². The molecule has 0 spiro atoms. The van der Waals surface area contributed by atoms with Gasteiger partial charge in [-0.25, -0.2) is 8.42 Å². The number of carbonyl (C=O) groups is 1. The topological polar surface area (TPSA) is 103 Å². The van der Waals surface area contributed by atoms with Gasteiger partial charge in [0.05, 0.1) is 17.0 Å². The van der Waals surface area contributed by atoms with Gasteiger partial charge in [0.1, 0.15) is 0 Å². The quantitative estimate of drug-likeness (QED) is 0.245. The third-order valence-electron chi connectivity index (χ3n) is 4.69. The lowest BCUT2D eigenvalue weighted by Gasteiger charge is -2.32. The average molecular weight is 532 g/mol. The number of nitrogens with one attached hydrogen (secondary N) is 3. The molecule has 1 fully saturated rings. The van der Waals surface area contributed by atoms with Gasteiger partial charge < -0.3 is 16.0 Å². The zero-order chi connectivity index (χ0) is 20.5. The summed E-state index contributed by atoms with van der Waals surface area (Å²) in [7, 11) is -1.47. The second kappa shape index (κ2) is 12.8. The lowest BCUT2D eigenvalue weighted by atomic mass is 10.1. The Hall–Kier alpha value is -0.620. The highest BCUT2D eigenvalue weighted by molar-refractivity contribution is 14.0. The number of nitrogens with zero attached hydrogens (tertiary/aromatic N) is 2. The first-order valence-electron chi connectivity index (χ1n) is 9.77. The third kappa shape index (κ3) is 9.73. The van der Waals surface area contributed by atoms with Gasteiger partial charge >= 0.3 is 0 Å². The van der Waals surface area contributed by atoms with Crippen LogP contribution in [0.4, 0.5) is 0 Å². The highest BCUT2D eigenvalue weighted by Crippen LogP contribution is 2.15. The Balaban J connectivity index is 0.00000729. The van der Waals surface area contributed by atoms with Crippen molar-refractivity contribution in [1.82, 2.24) is 20.9 Å². The summed E-state index contributed by atoms with van der Waals surface area (Å²) < 4.78 is 23.6. The number of sulfone groups is 1. The van der Waals surface area contributed by atoms with Crippen LogP contribution >= 0.6 is 24.0 Å². The van der Waals surface area contributed by atoms with Crippen molar-refractivity contribution in [1.29, 1.82) is 0 Å². The van der Waals surface area contributed by atoms with Gasteiger partial charge in [0, 0.05) is 39.3 Å². The largest absolute Gasteiger partial charge is 0.355 e. The number of halogens is 1. The summed E-state index contributed by atoms with van der Waals surface area (Å²) in [4.78, 5) is 18.1. The highest BCUT2D eigenvalue weighted by Gasteiger charge is 2.28. The van der Waals surface area contributed by atoms with Crippen molar-refractivity contribution in [3.63, 3.8) is 0 Å². The number of guanidine groups is 1. The van der Waals surface area contributed by atoms with Crippen LogP contribution in [0.1, 0.15) is 47.0 Å². The van der Waals surface area contributed by atoms with Crippen molar-refractivity contribution in [3.8, 4) is 0 Å². The molecule has 1 saturated heterocycles. The molecule has 0 aliphatic carbocycles. The molecule has 0 aromatic carbocycles. The molecule has 1 aliphatic rings. The first kappa shape index (κ1) is 27.4. The second-order valence-corrected chi connectivity index (χ2v) is 10.8. The standard InChI is InChI=1S/C18H37N5O3S.HI/c1-6-9-20-16(24)14-23-11-7-15(8-12-23)22-17(19-5)21-10-13-27(25,26)18(2,3)4;/h15H,6-14H2,1-5H3,(H,20,24)(H2,19,21,22);1H. The maximum Gasteiger partial charge on any atom is 0.234 e. The fraction of sp³-hybridized carbons (Fsp3) is 0.889. The van der Waals surface area contributed by atoms with E-state index in [9.17, 15) is 13.2 Å². The molecule has 0 saturated carbocycles. The highest BCUT2D eigenvalue weighted by atomic mass is 127. The number of hydrogen-bond acceptors (Lipinski definition) is 5. The van der Waals surface area contributed by atoms with E-state index in [2.05, 4.69) is 25.8 Å². The first-order valence-corrected chi connectivity index (χ1v) is 11.4. The van der Waals surface area contributed by atoms with Gasteiger partial charge in [0.2, 0.25) is 5.91 Å². The van der Waals surface area contributed by atoms with Crippen LogP contribution in [0.2, 0.25) is 0 Å². The first-order chi connectivity index (χ1) is 12.6. The number of amides is 1. The van der Waals surface area contributed by atoms with Gasteiger partial charge in [-0.2, -0.15) is 0 Å². The number of rotatable bonds is 8. The predicted molar refractivity (Wildman–Crippen MR) is 126 cm³/mol. The molecule has 0 aromatic heterocycles. The van der Waals surface area contributed by atoms with Gasteiger partial charge in [0.25, 0.3) is 0 Å². The lowest BCUT2D eigenvalue weighted by Crippen LogP contribution is -2.50. The summed E-state index contributed by atoms with van der Waals surface area (Å²) in [6, 6.07) is 0.269. The van der Waals surface area contributed by atoms with E-state index in [-0.39, 0.29) is 41.7 Å². The number of carbonyl (C=O) groups excluding carboxylic acids is 1. The van der Waals surface area contributed by atoms with Crippen LogP contribution in [0.3, 0.4) is 0 Å². The smallest absolute Gasteiger partial charge is 0.234 e. The summed E-state index contributed by atoms with van der Waals surface area (Å²) >= 11 is 0. The van der Waals surface area contributed by atoms with Crippen molar-refractivity contribution in [2.45, 2.75) is 57.7 Å². The molecule has 0 bridgehead atoms. The molecular formula is C18H38IN5O3S. The van der Waals surface area contributed by atoms with E-state index in [1.165, 1.54) is 0 Å². The van der Waals surface area contributed by atoms with E-state index in [0.29, 0.717) is 19.0 Å². The SMILES string of the molecule is CCCNC(=O)CN1CCC(NC(=NC)NCCS(=O)(=O)C(C)(C)C)CC1.I. The Morgan fingerprint density at radius 1 is 1.14 bits per heavy atom. The molecule has 0 radical (unpaired) electrons. The Bertz CT molecular complexity index is 597. The minimum Gasteiger partial charge on any atom is -0.355 e. The van der Waals surface area contributed by atoms with Crippen LogP contribution in [-0.4, -0.2) is 81.5 Å². The zero-order valence-electron chi connectivity index (χ0n) is 17.9. The molecular weight excluding hydrogens is 493 g/mol. The van der Waals surface area contributed by atoms with Gasteiger partial charge in [-0.3, -0.25) is 14.7 Å². The fourth-order valence-corrected chi connectivity index (χ4v) is 3.74. The second-order valence-electron chi connectivity index (χ2n) is 7.97. The minimum atomic E-state index is -3.15. The van der Waals surface area contributed by atoms with Gasteiger partial charge in [-0.1, -0.05) is 6.92 Å². The normalized spacial score (nSPS) is 17.0. The van der Waals surface area contributed by atoms with Crippen molar-refractivity contribution < 1.29 is 13.2 Å². The van der Waals surface area contributed by atoms with Gasteiger partial charge in [0.15, 0.2) is 15.8 Å². The summed E-state index contributed by atoms with van der Waals surface area (Å²) in [5, 5.41) is 9.35. The average Bonchev–Trinajstić information content (AvgIpc) is 2.59. The Labute approximate surface area is 187 Å². The Morgan fingerprint density at radius 2 is 1.75 bits per heavy atom. The van der Waals surface area contributed by atoms with Gasteiger partial charge in [-0.15, -0.1) is 24.0 Å². The van der Waals surface area contributed by atoms with Crippen LogP contribution in [0, 0.1) is 0 Å². The maximum atomic E-state index is 12.2. The van der Waals surface area contributed by atoms with Crippen LogP contribution in [0.15, 0.2) is 4.99 Å². The van der Waals surface area contributed by atoms with E-state index in [1.54, 1.807) is 27.8 Å². The maximum absolute atomic E-state index is 12.2. The van der Waals surface area contributed by atoms with E-state index in [0.717, 1.165) is 38.9 Å². The Morgan fingerprint density at radius 3 is 2.25 bits per heavy atom. The lowest BCUT2D eigenvalue weighted by molar-refractivity contribution is -0.122. The molecule has 1 rings (SSSR count). The molecule has 0 atom stereocenters. The van der Waals surface area contributed by atoms with Crippen molar-refractivity contribution in [2.24, 2.45) is 4.99 Å². The molecule has 1 amide bonds. The molecule has 166 valence electrons. The molecule has 1 aliphatic heterocycles. The molecule has 0 aromatic rings. The summed E-state index contributed by atoms with van der Waals surface area (Å²) in [5.41, 5.74) is 0. The third-order valence-corrected chi connectivity index (χ3v) is 7.30. The van der Waals surface area contributed by atoms with E-state index in [4.69, 9.17) is 0 Å². The van der Waals surface area contributed by atoms with Crippen LogP contribution in [0.25, 0.3) is 0 Å². The summed E-state index contributed by atoms with van der Waals surface area (Å²) in [5.74, 6) is 0.779. The molecule has 3 N–H and O–H groups in total. The number of likely N-dealkylation sites (tertiary alicyclic amines) is 1. The van der Waals surface area contributed by atoms with Crippen molar-refractivity contribution in [2.75, 3.05) is 45.5 Å². The molecule has 0 unspecified atom stereocenters. The molecule has 1 heterocycles. The predicted octanol–water partition coefficient (Wildman–Crippen LogP) is 0.973. The summed E-state index contributed by atoms with van der Waals surface area (Å²) in [6.45, 7) is 10.4. The van der Waals surface area contributed by atoms with Crippen LogP contribution < -0.4 is 16.0 Å². The number of hydrogen-bond donors (Lipinski definition) is 3. The van der Waals surface area contributed by atoms with E-state index < -0.39 is 14.6 Å². The summed E-state index contributed by atoms with van der Waals surface area (Å²) in [6.07, 6.45) is 2.78. The Kier molecular flexibility index (Phi) is 12.6. The van der Waals surface area contributed by atoms with E-state index in [1.807, 2.05) is 6.92 Å². The molecule has 28 heavy (non-hydrogen) atoms. The molecule has 10 heteroatoms. The number of aliphatic imine (C=N–C) groups is 1. The van der Waals surface area contributed by atoms with Crippen molar-refractivity contribution in [3.05, 3.63) is 0 Å². The molecule has 8 nitrogen and oxygen atoms in total. The van der Waals surface area contributed by atoms with Crippen molar-refractivity contribution >= 4 is 45.7 Å². The van der Waals surface area contributed by atoms with Gasteiger partial charge in [-0.05, 0) is 40.0 Å². The fourth-order valence-electron chi connectivity index (χ4n) is 2.76. The zero-order valence-corrected chi connectivity index (χ0v) is 21.0.